The second-order valence-electron chi connectivity index (χ2n) is 6.32. The summed E-state index contributed by atoms with van der Waals surface area (Å²) in [6, 6.07) is 0. The zero-order valence-corrected chi connectivity index (χ0v) is 13.5. The molecule has 2 heteroatoms. The van der Waals surface area contributed by atoms with Crippen LogP contribution in [-0.2, 0) is 9.59 Å². The summed E-state index contributed by atoms with van der Waals surface area (Å²) in [5, 5.41) is 0. The van der Waals surface area contributed by atoms with Gasteiger partial charge in [-0.3, -0.25) is 9.59 Å². The van der Waals surface area contributed by atoms with E-state index in [-0.39, 0.29) is 17.0 Å². The Morgan fingerprint density at radius 2 is 1.35 bits per heavy atom. The van der Waals surface area contributed by atoms with E-state index in [1.165, 1.54) is 25.7 Å². The van der Waals surface area contributed by atoms with Crippen molar-refractivity contribution in [1.82, 2.24) is 0 Å². The van der Waals surface area contributed by atoms with Crippen molar-refractivity contribution in [2.24, 2.45) is 5.41 Å². The fourth-order valence-electron chi connectivity index (χ4n) is 3.39. The SMILES string of the molecule is CC=C1C(=O)CC(CCCCC)(CCCCC)CC1=O. The third-order valence-electron chi connectivity index (χ3n) is 4.58. The zero-order chi connectivity index (χ0) is 15.0. The molecule has 0 aromatic heterocycles. The van der Waals surface area contributed by atoms with Gasteiger partial charge in [-0.15, -0.1) is 0 Å². The Labute approximate surface area is 124 Å². The van der Waals surface area contributed by atoms with E-state index in [9.17, 15) is 9.59 Å². The number of unbranched alkanes of at least 4 members (excludes halogenated alkanes) is 4. The van der Waals surface area contributed by atoms with Crippen LogP contribution in [0.25, 0.3) is 0 Å². The van der Waals surface area contributed by atoms with Crippen LogP contribution in [0.1, 0.15) is 85.0 Å². The van der Waals surface area contributed by atoms with Crippen LogP contribution in [-0.4, -0.2) is 11.6 Å². The van der Waals surface area contributed by atoms with Gasteiger partial charge in [0.2, 0.25) is 0 Å². The van der Waals surface area contributed by atoms with Gasteiger partial charge in [-0.25, -0.2) is 0 Å². The van der Waals surface area contributed by atoms with Gasteiger partial charge in [0.05, 0.1) is 5.57 Å². The van der Waals surface area contributed by atoms with Crippen molar-refractivity contribution in [3.8, 4) is 0 Å². The number of hydrogen-bond acceptors (Lipinski definition) is 2. The molecule has 0 aromatic carbocycles. The second kappa shape index (κ2) is 8.39. The maximum absolute atomic E-state index is 12.2. The zero-order valence-electron chi connectivity index (χ0n) is 13.5. The molecule has 1 aliphatic rings. The van der Waals surface area contributed by atoms with Crippen molar-refractivity contribution in [3.63, 3.8) is 0 Å². The lowest BCUT2D eigenvalue weighted by molar-refractivity contribution is -0.128. The van der Waals surface area contributed by atoms with Crippen molar-refractivity contribution >= 4 is 11.6 Å². The summed E-state index contributed by atoms with van der Waals surface area (Å²) in [5.74, 6) is 0.161. The molecule has 0 aliphatic heterocycles. The number of allylic oxidation sites excluding steroid dienone is 2. The molecule has 20 heavy (non-hydrogen) atoms. The Morgan fingerprint density at radius 1 is 0.900 bits per heavy atom. The molecule has 0 bridgehead atoms. The lowest BCUT2D eigenvalue weighted by atomic mass is 9.66. The summed E-state index contributed by atoms with van der Waals surface area (Å²) in [4.78, 5) is 24.5. The van der Waals surface area contributed by atoms with Gasteiger partial charge in [0, 0.05) is 12.8 Å². The van der Waals surface area contributed by atoms with E-state index in [4.69, 9.17) is 0 Å². The fourth-order valence-corrected chi connectivity index (χ4v) is 3.39. The average Bonchev–Trinajstić information content (AvgIpc) is 2.39. The van der Waals surface area contributed by atoms with Gasteiger partial charge in [-0.2, -0.15) is 0 Å². The van der Waals surface area contributed by atoms with Gasteiger partial charge in [0.15, 0.2) is 11.6 Å². The summed E-state index contributed by atoms with van der Waals surface area (Å²) in [6.45, 7) is 6.18. The number of ketones is 2. The van der Waals surface area contributed by atoms with Crippen LogP contribution in [0.3, 0.4) is 0 Å². The highest BCUT2D eigenvalue weighted by atomic mass is 16.1. The molecule has 1 aliphatic carbocycles. The van der Waals surface area contributed by atoms with Gasteiger partial charge in [-0.05, 0) is 25.2 Å². The molecule has 0 saturated heterocycles. The van der Waals surface area contributed by atoms with Crippen molar-refractivity contribution in [2.45, 2.75) is 85.0 Å². The van der Waals surface area contributed by atoms with Crippen LogP contribution in [0.2, 0.25) is 0 Å². The number of Topliss-reactive ketones (excluding diaryl/α,β-unsaturated/α-hetero) is 2. The molecule has 0 aromatic rings. The normalized spacial score (nSPS) is 18.4. The minimum absolute atomic E-state index is 0.0367. The number of carbonyl (C=O) groups excluding carboxylic acids is 2. The van der Waals surface area contributed by atoms with Gasteiger partial charge < -0.3 is 0 Å². The van der Waals surface area contributed by atoms with E-state index >= 15 is 0 Å². The lowest BCUT2D eigenvalue weighted by Gasteiger charge is -2.37. The Bertz CT molecular complexity index is 334. The first kappa shape index (κ1) is 17.1. The van der Waals surface area contributed by atoms with Crippen molar-refractivity contribution in [2.75, 3.05) is 0 Å². The minimum Gasteiger partial charge on any atom is -0.294 e. The average molecular weight is 278 g/mol. The monoisotopic (exact) mass is 278 g/mol. The van der Waals surface area contributed by atoms with Crippen LogP contribution >= 0.6 is 0 Å². The fraction of sp³-hybridized carbons (Fsp3) is 0.778. The van der Waals surface area contributed by atoms with E-state index in [1.807, 2.05) is 0 Å². The molecule has 1 rings (SSSR count). The number of rotatable bonds is 8. The molecule has 2 nitrogen and oxygen atoms in total. The smallest absolute Gasteiger partial charge is 0.166 e. The van der Waals surface area contributed by atoms with E-state index < -0.39 is 0 Å². The highest BCUT2D eigenvalue weighted by Crippen LogP contribution is 2.43. The van der Waals surface area contributed by atoms with Gasteiger partial charge >= 0.3 is 0 Å². The minimum atomic E-state index is -0.0367. The summed E-state index contributed by atoms with van der Waals surface area (Å²) >= 11 is 0. The Balaban J connectivity index is 2.77. The molecular weight excluding hydrogens is 248 g/mol. The van der Waals surface area contributed by atoms with Crippen molar-refractivity contribution in [1.29, 1.82) is 0 Å². The van der Waals surface area contributed by atoms with Crippen molar-refractivity contribution < 1.29 is 9.59 Å². The molecule has 0 unspecified atom stereocenters. The molecule has 0 heterocycles. The summed E-state index contributed by atoms with van der Waals surface area (Å²) in [6.07, 6.45) is 12.0. The third-order valence-corrected chi connectivity index (χ3v) is 4.58. The molecule has 0 N–H and O–H groups in total. The Morgan fingerprint density at radius 3 is 1.70 bits per heavy atom. The molecule has 0 spiro atoms. The second-order valence-corrected chi connectivity index (χ2v) is 6.32. The van der Waals surface area contributed by atoms with Crippen LogP contribution in [0, 0.1) is 5.41 Å². The van der Waals surface area contributed by atoms with Crippen LogP contribution in [0.4, 0.5) is 0 Å². The third kappa shape index (κ3) is 4.57. The Hall–Kier alpha value is -0.920. The summed E-state index contributed by atoms with van der Waals surface area (Å²) in [7, 11) is 0. The van der Waals surface area contributed by atoms with E-state index in [0.717, 1.165) is 25.7 Å². The van der Waals surface area contributed by atoms with Crippen molar-refractivity contribution in [3.05, 3.63) is 11.6 Å². The molecule has 0 amide bonds. The quantitative estimate of drug-likeness (QED) is 0.355. The topological polar surface area (TPSA) is 34.1 Å². The first-order chi connectivity index (χ1) is 9.58. The molecule has 114 valence electrons. The first-order valence-electron chi connectivity index (χ1n) is 8.31. The van der Waals surface area contributed by atoms with E-state index in [0.29, 0.717) is 18.4 Å². The maximum atomic E-state index is 12.2. The number of carbonyl (C=O) groups is 2. The first-order valence-corrected chi connectivity index (χ1v) is 8.31. The summed E-state index contributed by atoms with van der Waals surface area (Å²) < 4.78 is 0. The van der Waals surface area contributed by atoms with Crippen LogP contribution in [0.15, 0.2) is 11.6 Å². The largest absolute Gasteiger partial charge is 0.294 e. The summed E-state index contributed by atoms with van der Waals surface area (Å²) in [5.41, 5.74) is 0.414. The molecule has 1 saturated carbocycles. The van der Waals surface area contributed by atoms with Gasteiger partial charge in [0.25, 0.3) is 0 Å². The maximum Gasteiger partial charge on any atom is 0.166 e. The Kier molecular flexibility index (Phi) is 7.18. The van der Waals surface area contributed by atoms with Gasteiger partial charge in [0.1, 0.15) is 0 Å². The van der Waals surface area contributed by atoms with Gasteiger partial charge in [-0.1, -0.05) is 58.4 Å². The highest BCUT2D eigenvalue weighted by molar-refractivity contribution is 6.22. The predicted molar refractivity (Wildman–Crippen MR) is 83.7 cm³/mol. The molecular formula is C18H30O2. The van der Waals surface area contributed by atoms with E-state index in [1.54, 1.807) is 13.0 Å². The van der Waals surface area contributed by atoms with Crippen LogP contribution < -0.4 is 0 Å². The predicted octanol–water partition coefficient (Wildman–Crippen LogP) is 5.01. The standard InChI is InChI=1S/C18H30O2/c1-4-7-9-11-18(12-10-8-5-2)13-16(19)15(6-3)17(20)14-18/h6H,4-5,7-14H2,1-3H3. The molecule has 1 fully saturated rings. The number of hydrogen-bond donors (Lipinski definition) is 0. The van der Waals surface area contributed by atoms with E-state index in [2.05, 4.69) is 13.8 Å². The van der Waals surface area contributed by atoms with Crippen LogP contribution in [0.5, 0.6) is 0 Å². The lowest BCUT2D eigenvalue weighted by Crippen LogP contribution is -2.36. The highest BCUT2D eigenvalue weighted by Gasteiger charge is 2.40. The molecule has 0 atom stereocenters. The molecule has 0 radical (unpaired) electrons.